The zero-order valence-corrected chi connectivity index (χ0v) is 12.5. The van der Waals surface area contributed by atoms with Crippen LogP contribution in [-0.4, -0.2) is 27.2 Å². The molecule has 0 atom stereocenters. The van der Waals surface area contributed by atoms with Crippen molar-refractivity contribution < 1.29 is 13.9 Å². The van der Waals surface area contributed by atoms with E-state index < -0.39 is 11.6 Å². The summed E-state index contributed by atoms with van der Waals surface area (Å²) in [6, 6.07) is 11.2. The van der Waals surface area contributed by atoms with Gasteiger partial charge in [0.15, 0.2) is 0 Å². The van der Waals surface area contributed by atoms with E-state index in [1.165, 1.54) is 13.2 Å². The van der Waals surface area contributed by atoms with Crippen molar-refractivity contribution in [1.82, 2.24) is 0 Å². The first-order chi connectivity index (χ1) is 10.5. The molecule has 1 aromatic heterocycles. The summed E-state index contributed by atoms with van der Waals surface area (Å²) < 4.78 is 9.89. The lowest BCUT2D eigenvalue weighted by Gasteiger charge is -2.13. The van der Waals surface area contributed by atoms with Gasteiger partial charge in [-0.3, -0.25) is 0 Å². The zero-order chi connectivity index (χ0) is 15.9. The number of fused-ring (bicyclic) bond motifs is 3. The highest BCUT2D eigenvalue weighted by Crippen LogP contribution is 2.28. The molecule has 0 N–H and O–H groups in total. The summed E-state index contributed by atoms with van der Waals surface area (Å²) >= 11 is 0. The van der Waals surface area contributed by atoms with E-state index in [9.17, 15) is 9.59 Å². The Kier molecular flexibility index (Phi) is 3.33. The number of anilines is 1. The monoisotopic (exact) mass is 297 g/mol. The smallest absolute Gasteiger partial charge is 0.351 e. The molecule has 5 heteroatoms. The second-order valence-electron chi connectivity index (χ2n) is 5.22. The van der Waals surface area contributed by atoms with Crippen LogP contribution in [0.1, 0.15) is 10.4 Å². The van der Waals surface area contributed by atoms with E-state index in [4.69, 9.17) is 4.42 Å². The number of hydrogen-bond acceptors (Lipinski definition) is 5. The topological polar surface area (TPSA) is 59.8 Å². The van der Waals surface area contributed by atoms with Gasteiger partial charge in [-0.15, -0.1) is 0 Å². The summed E-state index contributed by atoms with van der Waals surface area (Å²) in [6.45, 7) is 0. The number of carbonyl (C=O) groups is 1. The van der Waals surface area contributed by atoms with Crippen LogP contribution in [0.2, 0.25) is 0 Å². The Morgan fingerprint density at radius 2 is 1.82 bits per heavy atom. The normalized spacial score (nSPS) is 10.9. The van der Waals surface area contributed by atoms with E-state index in [1.807, 2.05) is 43.3 Å². The molecule has 0 bridgehead atoms. The van der Waals surface area contributed by atoms with Crippen molar-refractivity contribution in [3.05, 3.63) is 52.4 Å². The van der Waals surface area contributed by atoms with Gasteiger partial charge in [-0.1, -0.05) is 12.1 Å². The van der Waals surface area contributed by atoms with Crippen LogP contribution in [0.25, 0.3) is 21.7 Å². The van der Waals surface area contributed by atoms with E-state index in [0.717, 1.165) is 16.5 Å². The van der Waals surface area contributed by atoms with Gasteiger partial charge in [0.25, 0.3) is 0 Å². The van der Waals surface area contributed by atoms with Gasteiger partial charge in [0, 0.05) is 25.2 Å². The molecule has 0 unspecified atom stereocenters. The highest BCUT2D eigenvalue weighted by Gasteiger charge is 2.15. The Morgan fingerprint density at radius 3 is 2.50 bits per heavy atom. The molecule has 2 aromatic carbocycles. The number of ether oxygens (including phenoxy) is 1. The predicted octanol–water partition coefficient (Wildman–Crippen LogP) is 2.80. The van der Waals surface area contributed by atoms with Gasteiger partial charge in [-0.2, -0.15) is 0 Å². The maximum absolute atomic E-state index is 11.9. The quantitative estimate of drug-likeness (QED) is 0.413. The number of carbonyl (C=O) groups excluding carboxylic acids is 1. The van der Waals surface area contributed by atoms with Gasteiger partial charge in [0.05, 0.1) is 7.11 Å². The lowest BCUT2D eigenvalue weighted by Crippen LogP contribution is -2.15. The molecule has 0 spiro atoms. The molecular formula is C17H15NO4. The van der Waals surface area contributed by atoms with Crippen molar-refractivity contribution in [2.75, 3.05) is 26.1 Å². The minimum atomic E-state index is -0.698. The van der Waals surface area contributed by atoms with Crippen molar-refractivity contribution in [1.29, 1.82) is 0 Å². The lowest BCUT2D eigenvalue weighted by molar-refractivity contribution is 0.0596. The molecule has 5 nitrogen and oxygen atoms in total. The molecular weight excluding hydrogens is 282 g/mol. The predicted molar refractivity (Wildman–Crippen MR) is 85.7 cm³/mol. The first-order valence-corrected chi connectivity index (χ1v) is 6.77. The van der Waals surface area contributed by atoms with Crippen molar-refractivity contribution in [2.45, 2.75) is 0 Å². The molecule has 0 aliphatic heterocycles. The van der Waals surface area contributed by atoms with Gasteiger partial charge in [-0.05, 0) is 35.0 Å². The highest BCUT2D eigenvalue weighted by atomic mass is 16.5. The second kappa shape index (κ2) is 5.18. The summed E-state index contributed by atoms with van der Waals surface area (Å²) in [4.78, 5) is 25.6. The number of benzene rings is 2. The fourth-order valence-electron chi connectivity index (χ4n) is 2.44. The number of hydrogen-bond donors (Lipinski definition) is 0. The Hall–Kier alpha value is -2.82. The minimum Gasteiger partial charge on any atom is -0.465 e. The molecule has 1 heterocycles. The Labute approximate surface area is 126 Å². The van der Waals surface area contributed by atoms with Crippen LogP contribution in [-0.2, 0) is 4.74 Å². The second-order valence-corrected chi connectivity index (χ2v) is 5.22. The molecule has 0 radical (unpaired) electrons. The lowest BCUT2D eigenvalue weighted by atomic mass is 10.0. The summed E-state index contributed by atoms with van der Waals surface area (Å²) in [5, 5.41) is 2.63. The van der Waals surface area contributed by atoms with E-state index >= 15 is 0 Å². The first-order valence-electron chi connectivity index (χ1n) is 6.77. The molecule has 0 saturated heterocycles. The molecule has 0 saturated carbocycles. The maximum atomic E-state index is 11.9. The van der Waals surface area contributed by atoms with Gasteiger partial charge in [0.1, 0.15) is 11.1 Å². The standard InChI is InChI=1S/C17H15NO4/c1-18(2)11-6-4-10-5-7-15-13(12(10)8-11)9-14(16(19)21-3)17(20)22-15/h4-9H,1-3H3. The third kappa shape index (κ3) is 2.20. The Bertz CT molecular complexity index is 940. The summed E-state index contributed by atoms with van der Waals surface area (Å²) in [5.41, 5.74) is 0.673. The summed E-state index contributed by atoms with van der Waals surface area (Å²) in [6.07, 6.45) is 0. The molecule has 0 amide bonds. The third-order valence-electron chi connectivity index (χ3n) is 3.64. The van der Waals surface area contributed by atoms with Crippen molar-refractivity contribution in [2.24, 2.45) is 0 Å². The van der Waals surface area contributed by atoms with Gasteiger partial charge in [-0.25, -0.2) is 9.59 Å². The Balaban J connectivity index is 2.40. The number of nitrogens with zero attached hydrogens (tertiary/aromatic N) is 1. The maximum Gasteiger partial charge on any atom is 0.351 e. The van der Waals surface area contributed by atoms with Crippen LogP contribution in [0.4, 0.5) is 5.69 Å². The fraction of sp³-hybridized carbons (Fsp3) is 0.176. The van der Waals surface area contributed by atoms with Crippen LogP contribution in [0.15, 0.2) is 45.6 Å². The first kappa shape index (κ1) is 14.1. The van der Waals surface area contributed by atoms with Gasteiger partial charge >= 0.3 is 11.6 Å². The van der Waals surface area contributed by atoms with E-state index in [-0.39, 0.29) is 5.56 Å². The van der Waals surface area contributed by atoms with E-state index in [2.05, 4.69) is 4.74 Å². The third-order valence-corrected chi connectivity index (χ3v) is 3.64. The molecule has 3 rings (SSSR count). The molecule has 0 aliphatic rings. The number of esters is 1. The Morgan fingerprint density at radius 1 is 1.09 bits per heavy atom. The van der Waals surface area contributed by atoms with Gasteiger partial charge < -0.3 is 14.1 Å². The van der Waals surface area contributed by atoms with Crippen molar-refractivity contribution >= 4 is 33.4 Å². The molecule has 3 aromatic rings. The summed E-state index contributed by atoms with van der Waals surface area (Å²) in [7, 11) is 5.14. The highest BCUT2D eigenvalue weighted by molar-refractivity contribution is 6.08. The molecule has 112 valence electrons. The average molecular weight is 297 g/mol. The van der Waals surface area contributed by atoms with Crippen LogP contribution < -0.4 is 10.5 Å². The van der Waals surface area contributed by atoms with Crippen molar-refractivity contribution in [3.63, 3.8) is 0 Å². The van der Waals surface area contributed by atoms with Crippen LogP contribution >= 0.6 is 0 Å². The fourth-order valence-corrected chi connectivity index (χ4v) is 2.44. The average Bonchev–Trinajstić information content (AvgIpc) is 2.52. The molecule has 22 heavy (non-hydrogen) atoms. The van der Waals surface area contributed by atoms with Crippen LogP contribution in [0, 0.1) is 0 Å². The van der Waals surface area contributed by atoms with E-state index in [0.29, 0.717) is 11.0 Å². The minimum absolute atomic E-state index is 0.0993. The SMILES string of the molecule is COC(=O)c1cc2c(ccc3ccc(N(C)C)cc32)oc1=O. The number of methoxy groups -OCH3 is 1. The largest absolute Gasteiger partial charge is 0.465 e. The molecule has 0 aliphatic carbocycles. The van der Waals surface area contributed by atoms with Crippen LogP contribution in [0.3, 0.4) is 0 Å². The van der Waals surface area contributed by atoms with Crippen molar-refractivity contribution in [3.8, 4) is 0 Å². The van der Waals surface area contributed by atoms with E-state index in [1.54, 1.807) is 6.07 Å². The number of rotatable bonds is 2. The zero-order valence-electron chi connectivity index (χ0n) is 12.5. The van der Waals surface area contributed by atoms with Crippen LogP contribution in [0.5, 0.6) is 0 Å². The van der Waals surface area contributed by atoms with Gasteiger partial charge in [0.2, 0.25) is 0 Å². The summed E-state index contributed by atoms with van der Waals surface area (Å²) in [5.74, 6) is -0.698. The molecule has 0 fully saturated rings.